The van der Waals surface area contributed by atoms with Crippen molar-refractivity contribution in [2.45, 2.75) is 68.3 Å². The molecule has 1 aromatic heterocycles. The van der Waals surface area contributed by atoms with Crippen LogP contribution in [0.2, 0.25) is 0 Å². The van der Waals surface area contributed by atoms with Crippen LogP contribution in [0.1, 0.15) is 6.92 Å². The molecule has 0 amide bonds. The molecule has 0 spiro atoms. The lowest BCUT2D eigenvalue weighted by Gasteiger charge is -2.42. The molecule has 3 aromatic rings. The fourth-order valence-corrected chi connectivity index (χ4v) is 4.83. The molecule has 0 bridgehead atoms. The highest BCUT2D eigenvalue weighted by molar-refractivity contribution is 5.88. The zero-order valence-electron chi connectivity index (χ0n) is 21.9. The smallest absolute Gasteiger partial charge is 0.239 e. The molecule has 2 fully saturated rings. The number of benzene rings is 2. The molecule has 15 nitrogen and oxygen atoms in total. The Hall–Kier alpha value is -3.51. The van der Waals surface area contributed by atoms with Crippen molar-refractivity contribution < 1.29 is 69.3 Å². The maximum atomic E-state index is 13.6. The van der Waals surface area contributed by atoms with E-state index in [1.54, 1.807) is 0 Å². The molecule has 9 N–H and O–H groups in total. The van der Waals surface area contributed by atoms with Crippen LogP contribution < -0.4 is 10.2 Å². The van der Waals surface area contributed by atoms with Gasteiger partial charge in [-0.1, -0.05) is 12.1 Å². The molecular weight excluding hydrogens is 564 g/mol. The standard InChI is InChI=1S/C27H30O15/c1-9-17(31)20(34)22(36)26(39-9)38-8-15-18(32)21(35)23(37)27(41-15)42-25-19(33)16-13(30)6-10(28)7-14(16)40-24(25)11-4-2-3-5-12(11)29/h2-7,9,15,17-18,20-23,26-32,34-37H,8H2,1H3/t9-,15+,17-,18+,20-,21-,22-,23+,26-,27-/m1/s1. The lowest BCUT2D eigenvalue weighted by atomic mass is 9.98. The Labute approximate surface area is 236 Å². The van der Waals surface area contributed by atoms with E-state index in [-0.39, 0.29) is 22.7 Å². The van der Waals surface area contributed by atoms with Crippen molar-refractivity contribution in [1.82, 2.24) is 0 Å². The molecule has 0 aliphatic carbocycles. The van der Waals surface area contributed by atoms with E-state index in [1.165, 1.54) is 31.2 Å². The summed E-state index contributed by atoms with van der Waals surface area (Å²) in [5.74, 6) is -2.45. The number of fused-ring (bicyclic) bond motifs is 1. The SMILES string of the molecule is C[C@H]1O[C@@H](OC[C@@H]2O[C@H](Oc3c(-c4ccccc4O)oc4cc(O)cc(O)c4c3=O)[C@@H](O)[C@H](O)[C@H]2O)[C@H](O)[C@H](O)[C@@H]1O. The van der Waals surface area contributed by atoms with Gasteiger partial charge in [0.15, 0.2) is 12.1 Å². The monoisotopic (exact) mass is 594 g/mol. The number of phenolic OH excluding ortho intramolecular Hbond substituents is 3. The number of phenols is 3. The Bertz CT molecular complexity index is 1490. The number of ether oxygens (including phenoxy) is 4. The first kappa shape index (κ1) is 30.0. The van der Waals surface area contributed by atoms with Crippen LogP contribution >= 0.6 is 0 Å². The van der Waals surface area contributed by atoms with Crippen LogP contribution in [0.5, 0.6) is 23.0 Å². The van der Waals surface area contributed by atoms with E-state index in [9.17, 15) is 50.8 Å². The van der Waals surface area contributed by atoms with Gasteiger partial charge in [-0.3, -0.25) is 4.79 Å². The summed E-state index contributed by atoms with van der Waals surface area (Å²) in [5.41, 5.74) is -1.29. The lowest BCUT2D eigenvalue weighted by molar-refractivity contribution is -0.318. The van der Waals surface area contributed by atoms with Gasteiger partial charge in [0, 0.05) is 12.1 Å². The molecule has 15 heteroatoms. The predicted molar refractivity (Wildman–Crippen MR) is 139 cm³/mol. The van der Waals surface area contributed by atoms with Gasteiger partial charge in [-0.15, -0.1) is 0 Å². The van der Waals surface area contributed by atoms with Gasteiger partial charge < -0.3 is 69.3 Å². The second-order valence-electron chi connectivity index (χ2n) is 10.1. The van der Waals surface area contributed by atoms with E-state index in [1.807, 2.05) is 0 Å². The van der Waals surface area contributed by atoms with Crippen molar-refractivity contribution in [2.75, 3.05) is 6.61 Å². The number of aromatic hydroxyl groups is 3. The molecule has 2 saturated heterocycles. The Morgan fingerprint density at radius 1 is 0.786 bits per heavy atom. The van der Waals surface area contributed by atoms with Crippen LogP contribution in [-0.2, 0) is 14.2 Å². The number of hydrogen-bond acceptors (Lipinski definition) is 15. The zero-order chi connectivity index (χ0) is 30.5. The summed E-state index contributed by atoms with van der Waals surface area (Å²) in [7, 11) is 0. The van der Waals surface area contributed by atoms with E-state index in [4.69, 9.17) is 23.4 Å². The van der Waals surface area contributed by atoms with E-state index in [0.717, 1.165) is 12.1 Å². The second-order valence-corrected chi connectivity index (χ2v) is 10.1. The summed E-state index contributed by atoms with van der Waals surface area (Å²) >= 11 is 0. The zero-order valence-corrected chi connectivity index (χ0v) is 21.9. The first-order valence-corrected chi connectivity index (χ1v) is 12.9. The summed E-state index contributed by atoms with van der Waals surface area (Å²) < 4.78 is 27.9. The number of rotatable bonds is 6. The summed E-state index contributed by atoms with van der Waals surface area (Å²) in [5, 5.41) is 92.1. The second kappa shape index (κ2) is 11.6. The first-order valence-electron chi connectivity index (χ1n) is 12.9. The number of hydrogen-bond donors (Lipinski definition) is 9. The van der Waals surface area contributed by atoms with Crippen molar-refractivity contribution >= 4 is 11.0 Å². The van der Waals surface area contributed by atoms with E-state index >= 15 is 0 Å². The topological polar surface area (TPSA) is 249 Å². The molecule has 10 atom stereocenters. The highest BCUT2D eigenvalue weighted by Gasteiger charge is 2.47. The molecule has 2 aliphatic heterocycles. The van der Waals surface area contributed by atoms with Crippen LogP contribution in [0.3, 0.4) is 0 Å². The fraction of sp³-hybridized carbons (Fsp3) is 0.444. The predicted octanol–water partition coefficient (Wildman–Crippen LogP) is -1.39. The maximum absolute atomic E-state index is 13.6. The largest absolute Gasteiger partial charge is 0.508 e. The van der Waals surface area contributed by atoms with Crippen LogP contribution in [0.15, 0.2) is 45.6 Å². The van der Waals surface area contributed by atoms with Gasteiger partial charge in [-0.2, -0.15) is 0 Å². The average Bonchev–Trinajstić information content (AvgIpc) is 2.95. The van der Waals surface area contributed by atoms with E-state index in [0.29, 0.717) is 0 Å². The third-order valence-electron chi connectivity index (χ3n) is 7.20. The molecule has 0 unspecified atom stereocenters. The molecule has 0 radical (unpaired) electrons. The van der Waals surface area contributed by atoms with Crippen molar-refractivity contribution in [1.29, 1.82) is 0 Å². The normalized spacial score (nSPS) is 33.5. The molecule has 3 heterocycles. The number of aliphatic hydroxyl groups is 6. The van der Waals surface area contributed by atoms with Gasteiger partial charge in [0.05, 0.1) is 18.3 Å². The summed E-state index contributed by atoms with van der Waals surface area (Å²) in [4.78, 5) is 13.6. The van der Waals surface area contributed by atoms with Crippen LogP contribution in [-0.4, -0.2) is 114 Å². The molecule has 42 heavy (non-hydrogen) atoms. The summed E-state index contributed by atoms with van der Waals surface area (Å²) in [6.07, 6.45) is -15.9. The van der Waals surface area contributed by atoms with Crippen LogP contribution in [0, 0.1) is 0 Å². The summed E-state index contributed by atoms with van der Waals surface area (Å²) in [6.45, 7) is 0.850. The number of aliphatic hydroxyl groups excluding tert-OH is 6. The Kier molecular flexibility index (Phi) is 8.30. The molecule has 0 saturated carbocycles. The van der Waals surface area contributed by atoms with Gasteiger partial charge in [0.2, 0.25) is 17.5 Å². The maximum Gasteiger partial charge on any atom is 0.239 e. The van der Waals surface area contributed by atoms with Crippen molar-refractivity contribution in [3.63, 3.8) is 0 Å². The molecule has 2 aliphatic rings. The summed E-state index contributed by atoms with van der Waals surface area (Å²) in [6, 6.07) is 7.63. The van der Waals surface area contributed by atoms with Crippen molar-refractivity contribution in [3.05, 3.63) is 46.6 Å². The van der Waals surface area contributed by atoms with E-state index in [2.05, 4.69) is 0 Å². The minimum absolute atomic E-state index is 0.0431. The number of para-hydroxylation sites is 1. The highest BCUT2D eigenvalue weighted by atomic mass is 16.7. The van der Waals surface area contributed by atoms with Crippen LogP contribution in [0.25, 0.3) is 22.3 Å². The van der Waals surface area contributed by atoms with Crippen molar-refractivity contribution in [2.24, 2.45) is 0 Å². The van der Waals surface area contributed by atoms with Crippen LogP contribution in [0.4, 0.5) is 0 Å². The molecule has 228 valence electrons. The Balaban J connectivity index is 1.47. The quantitative estimate of drug-likeness (QED) is 0.159. The fourth-order valence-electron chi connectivity index (χ4n) is 4.83. The third-order valence-corrected chi connectivity index (χ3v) is 7.20. The first-order chi connectivity index (χ1) is 19.9. The Morgan fingerprint density at radius 3 is 2.17 bits per heavy atom. The third kappa shape index (κ3) is 5.37. The molecular formula is C27H30O15. The van der Waals surface area contributed by atoms with Gasteiger partial charge in [-0.05, 0) is 19.1 Å². The molecule has 5 rings (SSSR count). The van der Waals surface area contributed by atoms with Gasteiger partial charge in [0.25, 0.3) is 0 Å². The van der Waals surface area contributed by atoms with Gasteiger partial charge in [0.1, 0.15) is 70.9 Å². The minimum atomic E-state index is -1.94. The lowest BCUT2D eigenvalue weighted by Crippen LogP contribution is -2.61. The van der Waals surface area contributed by atoms with Gasteiger partial charge in [-0.25, -0.2) is 0 Å². The average molecular weight is 595 g/mol. The highest BCUT2D eigenvalue weighted by Crippen LogP contribution is 2.40. The molecule has 2 aromatic carbocycles. The van der Waals surface area contributed by atoms with Crippen molar-refractivity contribution in [3.8, 4) is 34.3 Å². The minimum Gasteiger partial charge on any atom is -0.508 e. The van der Waals surface area contributed by atoms with Gasteiger partial charge >= 0.3 is 0 Å². The Morgan fingerprint density at radius 2 is 1.45 bits per heavy atom. The van der Waals surface area contributed by atoms with E-state index < -0.39 is 96.1 Å².